The Bertz CT molecular complexity index is 2350. The summed E-state index contributed by atoms with van der Waals surface area (Å²) in [7, 11) is 0. The molecule has 206 valence electrons. The fraction of sp³-hybridized carbons (Fsp3) is 0. The molecule has 6 heteroatoms. The van der Waals surface area contributed by atoms with Crippen molar-refractivity contribution in [1.82, 2.24) is 9.55 Å². The summed E-state index contributed by atoms with van der Waals surface area (Å²) in [6, 6.07) is 40.6. The van der Waals surface area contributed by atoms with Gasteiger partial charge in [-0.2, -0.15) is 5.26 Å². The van der Waals surface area contributed by atoms with E-state index in [9.17, 15) is 14.9 Å². The molecule has 1 aliphatic heterocycles. The molecule has 44 heavy (non-hydrogen) atoms. The molecule has 0 spiro atoms. The minimum atomic E-state index is -0.370. The maximum atomic E-state index is 14.4. The van der Waals surface area contributed by atoms with Crippen LogP contribution in [0.3, 0.4) is 0 Å². The van der Waals surface area contributed by atoms with Crippen LogP contribution < -0.4 is 4.90 Å². The first kappa shape index (κ1) is 25.4. The van der Waals surface area contributed by atoms with E-state index in [0.29, 0.717) is 28.1 Å². The second-order valence-corrected chi connectivity index (χ2v) is 10.6. The van der Waals surface area contributed by atoms with Crippen LogP contribution in [0.15, 0.2) is 134 Å². The highest BCUT2D eigenvalue weighted by atomic mass is 16.2. The Balaban J connectivity index is 1.37. The van der Waals surface area contributed by atoms with Crippen molar-refractivity contribution in [2.45, 2.75) is 0 Å². The molecule has 0 atom stereocenters. The van der Waals surface area contributed by atoms with Crippen molar-refractivity contribution in [1.29, 1.82) is 5.26 Å². The third-order valence-corrected chi connectivity index (χ3v) is 8.29. The zero-order valence-corrected chi connectivity index (χ0v) is 23.3. The first-order valence-electron chi connectivity index (χ1n) is 14.2. The molecule has 1 aliphatic rings. The van der Waals surface area contributed by atoms with Crippen LogP contribution in [0.4, 0.5) is 5.69 Å². The molecule has 2 aromatic heterocycles. The van der Waals surface area contributed by atoms with Gasteiger partial charge in [-0.3, -0.25) is 14.6 Å². The van der Waals surface area contributed by atoms with Gasteiger partial charge in [0.05, 0.1) is 45.2 Å². The van der Waals surface area contributed by atoms with Gasteiger partial charge in [-0.1, -0.05) is 84.9 Å². The lowest BCUT2D eigenvalue weighted by Gasteiger charge is -2.18. The van der Waals surface area contributed by atoms with Crippen LogP contribution in [-0.2, 0) is 0 Å². The minimum Gasteiger partial charge on any atom is -0.308 e. The molecule has 0 saturated heterocycles. The third kappa shape index (κ3) is 3.63. The molecule has 8 rings (SSSR count). The third-order valence-electron chi connectivity index (χ3n) is 8.29. The Morgan fingerprint density at radius 3 is 2.14 bits per heavy atom. The molecule has 0 unspecified atom stereocenters. The van der Waals surface area contributed by atoms with Gasteiger partial charge in [0.2, 0.25) is 0 Å². The van der Waals surface area contributed by atoms with Gasteiger partial charge >= 0.3 is 0 Å². The van der Waals surface area contributed by atoms with Gasteiger partial charge in [-0.05, 0) is 47.5 Å². The molecule has 7 aromatic rings. The Labute approximate surface area is 252 Å². The van der Waals surface area contributed by atoms with Gasteiger partial charge < -0.3 is 4.57 Å². The second kappa shape index (κ2) is 9.90. The van der Waals surface area contributed by atoms with Crippen molar-refractivity contribution in [3.05, 3.63) is 150 Å². The summed E-state index contributed by atoms with van der Waals surface area (Å²) >= 11 is 0. The number of para-hydroxylation sites is 2. The number of fused-ring (bicyclic) bond motifs is 4. The number of carbonyl (C=O) groups excluding carboxylic acids is 2. The topological polar surface area (TPSA) is 79.0 Å². The molecule has 0 radical (unpaired) electrons. The number of hydrogen-bond acceptors (Lipinski definition) is 4. The molecule has 0 aliphatic carbocycles. The molecule has 0 N–H and O–H groups in total. The number of nitriles is 1. The number of carbonyl (C=O) groups is 2. The summed E-state index contributed by atoms with van der Waals surface area (Å²) in [5.41, 5.74) is 7.46. The first-order chi connectivity index (χ1) is 21.7. The summed E-state index contributed by atoms with van der Waals surface area (Å²) in [4.78, 5) is 34.0. The molecule has 0 fully saturated rings. The standard InChI is InChI=1S/C38H22N4O2/c39-22-25-20-21-40-23-30(25)27-14-8-18-33-35(27)28-13-5-7-17-32(28)41(33)34-19-9-15-29-36(34)38(44)42(37(29)43)31-16-6-4-12-26(31)24-10-2-1-3-11-24/h1-21,23H. The van der Waals surface area contributed by atoms with Gasteiger partial charge in [0.15, 0.2) is 0 Å². The van der Waals surface area contributed by atoms with E-state index in [1.165, 1.54) is 4.90 Å². The van der Waals surface area contributed by atoms with Crippen molar-refractivity contribution in [2.24, 2.45) is 0 Å². The zero-order valence-electron chi connectivity index (χ0n) is 23.3. The van der Waals surface area contributed by atoms with Crippen molar-refractivity contribution in [3.8, 4) is 34.0 Å². The lowest BCUT2D eigenvalue weighted by molar-refractivity contribution is 0.0926. The highest BCUT2D eigenvalue weighted by Gasteiger charge is 2.40. The van der Waals surface area contributed by atoms with E-state index in [2.05, 4.69) is 11.1 Å². The molecule has 6 nitrogen and oxygen atoms in total. The Hall–Kier alpha value is -6.32. The van der Waals surface area contributed by atoms with Gasteiger partial charge in [-0.25, -0.2) is 4.90 Å². The van der Waals surface area contributed by atoms with Gasteiger partial charge in [0.1, 0.15) is 0 Å². The quantitative estimate of drug-likeness (QED) is 0.201. The van der Waals surface area contributed by atoms with Crippen molar-refractivity contribution >= 4 is 39.3 Å². The summed E-state index contributed by atoms with van der Waals surface area (Å²) in [6.07, 6.45) is 3.33. The van der Waals surface area contributed by atoms with E-state index in [-0.39, 0.29) is 11.8 Å². The number of amides is 2. The lowest BCUT2D eigenvalue weighted by Crippen LogP contribution is -2.30. The molecule has 3 heterocycles. The van der Waals surface area contributed by atoms with E-state index in [0.717, 1.165) is 44.1 Å². The lowest BCUT2D eigenvalue weighted by atomic mass is 9.97. The van der Waals surface area contributed by atoms with E-state index in [1.807, 2.05) is 114 Å². The molecule has 5 aromatic carbocycles. The number of imide groups is 1. The second-order valence-electron chi connectivity index (χ2n) is 10.6. The normalized spacial score (nSPS) is 12.6. The Morgan fingerprint density at radius 1 is 0.591 bits per heavy atom. The number of hydrogen-bond donors (Lipinski definition) is 0. The zero-order chi connectivity index (χ0) is 29.8. The largest absolute Gasteiger partial charge is 0.308 e. The molecular weight excluding hydrogens is 544 g/mol. The Kier molecular flexibility index (Phi) is 5.71. The van der Waals surface area contributed by atoms with E-state index >= 15 is 0 Å². The average Bonchev–Trinajstić information content (AvgIpc) is 3.56. The Morgan fingerprint density at radius 2 is 1.27 bits per heavy atom. The number of aromatic nitrogens is 2. The summed E-state index contributed by atoms with van der Waals surface area (Å²) in [6.45, 7) is 0. The van der Waals surface area contributed by atoms with Gasteiger partial charge in [-0.15, -0.1) is 0 Å². The van der Waals surface area contributed by atoms with Gasteiger partial charge in [0.25, 0.3) is 11.8 Å². The molecule has 0 bridgehead atoms. The summed E-state index contributed by atoms with van der Waals surface area (Å²) < 4.78 is 2.05. The SMILES string of the molecule is N#Cc1ccncc1-c1cccc2c1c1ccccc1n2-c1cccc2c1C(=O)N(c1ccccc1-c1ccccc1)C2=O. The highest BCUT2D eigenvalue weighted by Crippen LogP contribution is 2.42. The number of anilines is 1. The predicted molar refractivity (Wildman–Crippen MR) is 172 cm³/mol. The van der Waals surface area contributed by atoms with Crippen LogP contribution in [0, 0.1) is 11.3 Å². The van der Waals surface area contributed by atoms with Crippen molar-refractivity contribution in [2.75, 3.05) is 4.90 Å². The molecule has 0 saturated carbocycles. The van der Waals surface area contributed by atoms with Crippen LogP contribution in [0.5, 0.6) is 0 Å². The van der Waals surface area contributed by atoms with E-state index in [4.69, 9.17) is 0 Å². The van der Waals surface area contributed by atoms with Crippen LogP contribution in [0.2, 0.25) is 0 Å². The maximum Gasteiger partial charge on any atom is 0.268 e. The van der Waals surface area contributed by atoms with Crippen LogP contribution in [0.1, 0.15) is 26.3 Å². The molecule has 2 amide bonds. The number of nitrogens with zero attached hydrogens (tertiary/aromatic N) is 4. The highest BCUT2D eigenvalue weighted by molar-refractivity contribution is 6.36. The van der Waals surface area contributed by atoms with Crippen molar-refractivity contribution in [3.63, 3.8) is 0 Å². The fourth-order valence-electron chi connectivity index (χ4n) is 6.41. The van der Waals surface area contributed by atoms with Gasteiger partial charge in [0, 0.05) is 34.3 Å². The average molecular weight is 567 g/mol. The van der Waals surface area contributed by atoms with E-state index < -0.39 is 0 Å². The van der Waals surface area contributed by atoms with Crippen molar-refractivity contribution < 1.29 is 9.59 Å². The van der Waals surface area contributed by atoms with Crippen LogP contribution in [0.25, 0.3) is 49.7 Å². The fourth-order valence-corrected chi connectivity index (χ4v) is 6.41. The monoisotopic (exact) mass is 566 g/mol. The summed E-state index contributed by atoms with van der Waals surface area (Å²) in [5, 5.41) is 11.8. The maximum absolute atomic E-state index is 14.4. The smallest absolute Gasteiger partial charge is 0.268 e. The minimum absolute atomic E-state index is 0.354. The van der Waals surface area contributed by atoms with Crippen LogP contribution in [-0.4, -0.2) is 21.4 Å². The summed E-state index contributed by atoms with van der Waals surface area (Å²) in [5.74, 6) is -0.726. The number of pyridine rings is 1. The van der Waals surface area contributed by atoms with E-state index in [1.54, 1.807) is 24.5 Å². The molecular formula is C38H22N4O2. The van der Waals surface area contributed by atoms with Crippen LogP contribution >= 0.6 is 0 Å². The predicted octanol–water partition coefficient (Wildman–Crippen LogP) is 8.18. The first-order valence-corrected chi connectivity index (χ1v) is 14.2. The number of rotatable bonds is 4. The number of benzene rings is 5.